The molecule has 0 aromatic carbocycles. The van der Waals surface area contributed by atoms with Crippen molar-refractivity contribution >= 4 is 5.65 Å². The molecule has 1 fully saturated rings. The molecular weight excluding hydrogens is 356 g/mol. The molecule has 0 atom stereocenters. The van der Waals surface area contributed by atoms with Gasteiger partial charge in [-0.15, -0.1) is 15.3 Å². The van der Waals surface area contributed by atoms with Crippen molar-refractivity contribution in [2.75, 3.05) is 26.2 Å². The van der Waals surface area contributed by atoms with Crippen LogP contribution in [0.4, 0.5) is 0 Å². The number of piperazine rings is 1. The minimum atomic E-state index is -0.0795. The van der Waals surface area contributed by atoms with Gasteiger partial charge in [-0.1, -0.05) is 12.5 Å². The zero-order valence-corrected chi connectivity index (χ0v) is 16.1. The van der Waals surface area contributed by atoms with Crippen molar-refractivity contribution < 1.29 is 0 Å². The van der Waals surface area contributed by atoms with Gasteiger partial charge >= 0.3 is 5.69 Å². The average Bonchev–Trinajstić information content (AvgIpc) is 3.14. The molecule has 2 aliphatic rings. The third-order valence-electron chi connectivity index (χ3n) is 5.84. The van der Waals surface area contributed by atoms with E-state index in [1.54, 1.807) is 15.3 Å². The van der Waals surface area contributed by atoms with Gasteiger partial charge in [-0.2, -0.15) is 4.68 Å². The molecule has 0 radical (unpaired) electrons. The SMILES string of the molecule is O=c1n(CN2CCN(Cc3nnc4n3CCCCC4)CC2)nc2ccccn12. The summed E-state index contributed by atoms with van der Waals surface area (Å²) < 4.78 is 5.48. The van der Waals surface area contributed by atoms with Crippen molar-refractivity contribution in [2.45, 2.75) is 45.4 Å². The number of fused-ring (bicyclic) bond motifs is 2. The Hall–Kier alpha value is -2.52. The Balaban J connectivity index is 1.20. The van der Waals surface area contributed by atoms with Gasteiger partial charge in [0.05, 0.1) is 13.2 Å². The lowest BCUT2D eigenvalue weighted by Gasteiger charge is -2.34. The highest BCUT2D eigenvalue weighted by Crippen LogP contribution is 2.16. The molecule has 0 aliphatic carbocycles. The highest BCUT2D eigenvalue weighted by Gasteiger charge is 2.22. The van der Waals surface area contributed by atoms with E-state index in [0.717, 1.165) is 57.3 Å². The van der Waals surface area contributed by atoms with Crippen LogP contribution in [0.25, 0.3) is 5.65 Å². The molecule has 5 heterocycles. The van der Waals surface area contributed by atoms with E-state index < -0.39 is 0 Å². The van der Waals surface area contributed by atoms with Crippen molar-refractivity contribution in [3.05, 3.63) is 46.5 Å². The number of aryl methyl sites for hydroxylation is 1. The first-order valence-electron chi connectivity index (χ1n) is 10.2. The van der Waals surface area contributed by atoms with Crippen molar-refractivity contribution in [3.63, 3.8) is 0 Å². The van der Waals surface area contributed by atoms with Gasteiger partial charge in [-0.25, -0.2) is 4.79 Å². The fourth-order valence-corrected chi connectivity index (χ4v) is 4.20. The predicted molar refractivity (Wildman–Crippen MR) is 104 cm³/mol. The molecule has 9 nitrogen and oxygen atoms in total. The van der Waals surface area contributed by atoms with Gasteiger partial charge < -0.3 is 4.57 Å². The second-order valence-corrected chi connectivity index (χ2v) is 7.74. The molecule has 3 aromatic rings. The van der Waals surface area contributed by atoms with Gasteiger partial charge in [-0.3, -0.25) is 14.2 Å². The zero-order chi connectivity index (χ0) is 18.9. The summed E-state index contributed by atoms with van der Waals surface area (Å²) in [4.78, 5) is 17.2. The summed E-state index contributed by atoms with van der Waals surface area (Å²) in [5.41, 5.74) is 0.614. The fourth-order valence-electron chi connectivity index (χ4n) is 4.20. The largest absolute Gasteiger partial charge is 0.351 e. The standard InChI is InChI=1S/C19H26N8O/c28-19-26-9-5-3-7-17(26)22-27(19)15-24-12-10-23(11-13-24)14-18-21-20-16-6-2-1-4-8-25(16)18/h3,5,7,9H,1-2,4,6,8,10-15H2. The monoisotopic (exact) mass is 382 g/mol. The Kier molecular flexibility index (Phi) is 4.69. The highest BCUT2D eigenvalue weighted by molar-refractivity contribution is 5.35. The van der Waals surface area contributed by atoms with E-state index in [1.807, 2.05) is 18.2 Å². The molecule has 5 rings (SSSR count). The number of rotatable bonds is 4. The predicted octanol–water partition coefficient (Wildman–Crippen LogP) is 0.589. The second kappa shape index (κ2) is 7.48. The second-order valence-electron chi connectivity index (χ2n) is 7.74. The number of pyridine rings is 1. The minimum absolute atomic E-state index is 0.0795. The summed E-state index contributed by atoms with van der Waals surface area (Å²) in [6.07, 6.45) is 6.54. The molecular formula is C19H26N8O. The van der Waals surface area contributed by atoms with Crippen molar-refractivity contribution in [1.29, 1.82) is 0 Å². The zero-order valence-electron chi connectivity index (χ0n) is 16.1. The molecule has 2 aliphatic heterocycles. The summed E-state index contributed by atoms with van der Waals surface area (Å²) in [7, 11) is 0. The summed E-state index contributed by atoms with van der Waals surface area (Å²) in [6.45, 7) is 6.20. The molecule has 148 valence electrons. The molecule has 0 amide bonds. The van der Waals surface area contributed by atoms with Crippen LogP contribution in [0.3, 0.4) is 0 Å². The maximum atomic E-state index is 12.5. The highest BCUT2D eigenvalue weighted by atomic mass is 16.2. The number of aromatic nitrogens is 6. The summed E-state index contributed by atoms with van der Waals surface area (Å²) >= 11 is 0. The molecule has 0 spiro atoms. The molecule has 0 saturated carbocycles. The molecule has 28 heavy (non-hydrogen) atoms. The van der Waals surface area contributed by atoms with Crippen LogP contribution in [-0.4, -0.2) is 64.9 Å². The van der Waals surface area contributed by atoms with E-state index in [1.165, 1.54) is 19.3 Å². The van der Waals surface area contributed by atoms with E-state index in [0.29, 0.717) is 12.3 Å². The first kappa shape index (κ1) is 17.6. The van der Waals surface area contributed by atoms with Crippen LogP contribution in [-0.2, 0) is 26.2 Å². The first-order chi connectivity index (χ1) is 13.8. The van der Waals surface area contributed by atoms with Crippen LogP contribution >= 0.6 is 0 Å². The minimum Gasteiger partial charge on any atom is -0.314 e. The Morgan fingerprint density at radius 2 is 1.79 bits per heavy atom. The van der Waals surface area contributed by atoms with Crippen LogP contribution in [0, 0.1) is 0 Å². The average molecular weight is 382 g/mol. The van der Waals surface area contributed by atoms with Crippen LogP contribution in [0.5, 0.6) is 0 Å². The van der Waals surface area contributed by atoms with Gasteiger partial charge in [0, 0.05) is 45.3 Å². The smallest absolute Gasteiger partial charge is 0.314 e. The van der Waals surface area contributed by atoms with Crippen molar-refractivity contribution in [3.8, 4) is 0 Å². The molecule has 3 aromatic heterocycles. The maximum Gasteiger partial charge on any atom is 0.351 e. The molecule has 0 unspecified atom stereocenters. The number of nitrogens with zero attached hydrogens (tertiary/aromatic N) is 8. The maximum absolute atomic E-state index is 12.5. The Morgan fingerprint density at radius 3 is 2.64 bits per heavy atom. The normalized spacial score (nSPS) is 19.0. The lowest BCUT2D eigenvalue weighted by molar-refractivity contribution is 0.0950. The Morgan fingerprint density at radius 1 is 0.929 bits per heavy atom. The van der Waals surface area contributed by atoms with Crippen LogP contribution in [0.1, 0.15) is 30.9 Å². The third-order valence-corrected chi connectivity index (χ3v) is 5.84. The van der Waals surface area contributed by atoms with Gasteiger partial charge in [0.25, 0.3) is 0 Å². The molecule has 1 saturated heterocycles. The summed E-state index contributed by atoms with van der Waals surface area (Å²) in [5.74, 6) is 2.25. The van der Waals surface area contributed by atoms with Crippen LogP contribution in [0.15, 0.2) is 29.2 Å². The fraction of sp³-hybridized carbons (Fsp3) is 0.579. The van der Waals surface area contributed by atoms with Crippen LogP contribution < -0.4 is 5.69 Å². The van der Waals surface area contributed by atoms with E-state index >= 15 is 0 Å². The lowest BCUT2D eigenvalue weighted by atomic mass is 10.2. The van der Waals surface area contributed by atoms with E-state index in [4.69, 9.17) is 0 Å². The van der Waals surface area contributed by atoms with Crippen molar-refractivity contribution in [2.24, 2.45) is 0 Å². The Labute approximate surface area is 163 Å². The molecule has 0 N–H and O–H groups in total. The number of hydrogen-bond acceptors (Lipinski definition) is 6. The topological polar surface area (TPSA) is 76.5 Å². The number of hydrogen-bond donors (Lipinski definition) is 0. The van der Waals surface area contributed by atoms with Crippen LogP contribution in [0.2, 0.25) is 0 Å². The third kappa shape index (κ3) is 3.35. The van der Waals surface area contributed by atoms with Gasteiger partial charge in [-0.05, 0) is 25.0 Å². The van der Waals surface area contributed by atoms with Crippen molar-refractivity contribution in [1.82, 2.24) is 38.7 Å². The summed E-state index contributed by atoms with van der Waals surface area (Å²) in [6, 6.07) is 5.61. The van der Waals surface area contributed by atoms with E-state index in [2.05, 4.69) is 29.7 Å². The first-order valence-corrected chi connectivity index (χ1v) is 10.2. The lowest BCUT2D eigenvalue weighted by Crippen LogP contribution is -2.47. The quantitative estimate of drug-likeness (QED) is 0.657. The van der Waals surface area contributed by atoms with Gasteiger partial charge in [0.15, 0.2) is 5.65 Å². The molecule has 9 heteroatoms. The van der Waals surface area contributed by atoms with E-state index in [-0.39, 0.29) is 5.69 Å². The summed E-state index contributed by atoms with van der Waals surface area (Å²) in [5, 5.41) is 13.3. The van der Waals surface area contributed by atoms with Gasteiger partial charge in [0.2, 0.25) is 0 Å². The van der Waals surface area contributed by atoms with E-state index in [9.17, 15) is 4.79 Å². The van der Waals surface area contributed by atoms with Gasteiger partial charge in [0.1, 0.15) is 11.6 Å². The Bertz CT molecular complexity index is 1010. The molecule has 0 bridgehead atoms.